The Bertz CT molecular complexity index is 574. The molecule has 1 aromatic carbocycles. The van der Waals surface area contributed by atoms with Crippen LogP contribution >= 0.6 is 0 Å². The third-order valence-corrected chi connectivity index (χ3v) is 4.58. The molecule has 118 valence electrons. The average molecular weight is 317 g/mol. The first-order valence-electron chi connectivity index (χ1n) is 6.77. The maximum Gasteiger partial charge on any atom is 0.234 e. The van der Waals surface area contributed by atoms with Gasteiger partial charge in [0.15, 0.2) is 0 Å². The van der Waals surface area contributed by atoms with Gasteiger partial charge in [-0.1, -0.05) is 0 Å². The van der Waals surface area contributed by atoms with Crippen molar-refractivity contribution < 1.29 is 17.5 Å². The molecule has 0 atom stereocenters. The van der Waals surface area contributed by atoms with Crippen LogP contribution in [0.1, 0.15) is 0 Å². The Labute approximate surface area is 124 Å². The molecule has 0 radical (unpaired) electrons. The Kier molecular flexibility index (Phi) is 5.38. The SMILES string of the molecule is COc1ccc(F)c(NS(=O)(=O)CCN2CCNCC2)c1. The van der Waals surface area contributed by atoms with Crippen LogP contribution in [0.3, 0.4) is 0 Å². The summed E-state index contributed by atoms with van der Waals surface area (Å²) in [7, 11) is -2.15. The minimum absolute atomic E-state index is 0.0658. The van der Waals surface area contributed by atoms with E-state index in [-0.39, 0.29) is 11.4 Å². The molecule has 1 aromatic rings. The lowest BCUT2D eigenvalue weighted by Gasteiger charge is -2.26. The van der Waals surface area contributed by atoms with E-state index in [1.807, 2.05) is 0 Å². The van der Waals surface area contributed by atoms with Gasteiger partial charge >= 0.3 is 0 Å². The maximum absolute atomic E-state index is 13.6. The summed E-state index contributed by atoms with van der Waals surface area (Å²) in [5, 5.41) is 3.20. The zero-order chi connectivity index (χ0) is 15.3. The molecule has 0 bridgehead atoms. The van der Waals surface area contributed by atoms with Crippen molar-refractivity contribution in [1.82, 2.24) is 10.2 Å². The van der Waals surface area contributed by atoms with Crippen LogP contribution in [0.2, 0.25) is 0 Å². The van der Waals surface area contributed by atoms with Gasteiger partial charge in [0.25, 0.3) is 0 Å². The minimum Gasteiger partial charge on any atom is -0.497 e. The number of methoxy groups -OCH3 is 1. The Morgan fingerprint density at radius 2 is 2.10 bits per heavy atom. The van der Waals surface area contributed by atoms with E-state index < -0.39 is 15.8 Å². The van der Waals surface area contributed by atoms with Gasteiger partial charge in [-0.05, 0) is 12.1 Å². The third-order valence-electron chi connectivity index (χ3n) is 3.32. The van der Waals surface area contributed by atoms with Crippen molar-refractivity contribution in [2.45, 2.75) is 0 Å². The van der Waals surface area contributed by atoms with Crippen LogP contribution in [0.25, 0.3) is 0 Å². The summed E-state index contributed by atoms with van der Waals surface area (Å²) in [4.78, 5) is 2.07. The highest BCUT2D eigenvalue weighted by molar-refractivity contribution is 7.92. The molecule has 1 saturated heterocycles. The molecule has 1 aliphatic rings. The number of piperazine rings is 1. The summed E-state index contributed by atoms with van der Waals surface area (Å²) >= 11 is 0. The highest BCUT2D eigenvalue weighted by Crippen LogP contribution is 2.22. The Balaban J connectivity index is 1.96. The van der Waals surface area contributed by atoms with Gasteiger partial charge in [0.1, 0.15) is 11.6 Å². The van der Waals surface area contributed by atoms with Crippen LogP contribution < -0.4 is 14.8 Å². The molecule has 0 spiro atoms. The number of sulfonamides is 1. The number of nitrogens with one attached hydrogen (secondary N) is 2. The van der Waals surface area contributed by atoms with Crippen molar-refractivity contribution in [3.8, 4) is 5.75 Å². The van der Waals surface area contributed by atoms with Crippen LogP contribution in [-0.4, -0.2) is 58.9 Å². The summed E-state index contributed by atoms with van der Waals surface area (Å²) < 4.78 is 44.9. The molecule has 0 aromatic heterocycles. The lowest BCUT2D eigenvalue weighted by Crippen LogP contribution is -2.45. The van der Waals surface area contributed by atoms with Crippen molar-refractivity contribution in [2.75, 3.05) is 50.3 Å². The molecule has 6 nitrogen and oxygen atoms in total. The fourth-order valence-corrected chi connectivity index (χ4v) is 3.20. The van der Waals surface area contributed by atoms with Gasteiger partial charge in [-0.25, -0.2) is 12.8 Å². The molecule has 0 unspecified atom stereocenters. The number of rotatable bonds is 6. The van der Waals surface area contributed by atoms with E-state index in [9.17, 15) is 12.8 Å². The van der Waals surface area contributed by atoms with E-state index in [1.54, 1.807) is 0 Å². The van der Waals surface area contributed by atoms with E-state index >= 15 is 0 Å². The number of anilines is 1. The second-order valence-electron chi connectivity index (χ2n) is 4.86. The number of hydrogen-bond acceptors (Lipinski definition) is 5. The topological polar surface area (TPSA) is 70.7 Å². The van der Waals surface area contributed by atoms with Gasteiger partial charge in [-0.3, -0.25) is 9.62 Å². The van der Waals surface area contributed by atoms with Crippen LogP contribution in [-0.2, 0) is 10.0 Å². The number of halogens is 1. The van der Waals surface area contributed by atoms with E-state index in [2.05, 4.69) is 14.9 Å². The summed E-state index contributed by atoms with van der Waals surface area (Å²) in [6.45, 7) is 3.80. The summed E-state index contributed by atoms with van der Waals surface area (Å²) in [5.74, 6) is -0.290. The second-order valence-corrected chi connectivity index (χ2v) is 6.70. The molecule has 8 heteroatoms. The first-order valence-corrected chi connectivity index (χ1v) is 8.42. The zero-order valence-corrected chi connectivity index (χ0v) is 12.7. The van der Waals surface area contributed by atoms with Crippen LogP contribution in [0, 0.1) is 5.82 Å². The highest BCUT2D eigenvalue weighted by atomic mass is 32.2. The van der Waals surface area contributed by atoms with E-state index in [1.165, 1.54) is 25.3 Å². The molecule has 0 saturated carbocycles. The van der Waals surface area contributed by atoms with E-state index in [4.69, 9.17) is 4.74 Å². The summed E-state index contributed by atoms with van der Waals surface area (Å²) in [5.41, 5.74) is -0.0883. The Hall–Kier alpha value is -1.38. The van der Waals surface area contributed by atoms with E-state index in [0.717, 1.165) is 26.2 Å². The van der Waals surface area contributed by atoms with Gasteiger partial charge in [-0.15, -0.1) is 0 Å². The molecule has 0 amide bonds. The lowest BCUT2D eigenvalue weighted by molar-refractivity contribution is 0.254. The average Bonchev–Trinajstić information content (AvgIpc) is 2.48. The first-order chi connectivity index (χ1) is 10.00. The fraction of sp³-hybridized carbons (Fsp3) is 0.538. The van der Waals surface area contributed by atoms with Crippen LogP contribution in [0.5, 0.6) is 5.75 Å². The zero-order valence-electron chi connectivity index (χ0n) is 11.9. The molecule has 0 aliphatic carbocycles. The van der Waals surface area contributed by atoms with Gasteiger partial charge in [0, 0.05) is 38.8 Å². The molecular formula is C13H20FN3O3S. The molecular weight excluding hydrogens is 297 g/mol. The van der Waals surface area contributed by atoms with Crippen LogP contribution in [0.15, 0.2) is 18.2 Å². The van der Waals surface area contributed by atoms with Crippen LogP contribution in [0.4, 0.5) is 10.1 Å². The van der Waals surface area contributed by atoms with E-state index in [0.29, 0.717) is 12.3 Å². The van der Waals surface area contributed by atoms with Crippen molar-refractivity contribution >= 4 is 15.7 Å². The largest absolute Gasteiger partial charge is 0.497 e. The quantitative estimate of drug-likeness (QED) is 0.799. The number of ether oxygens (including phenoxy) is 1. The first kappa shape index (κ1) is 16.0. The Morgan fingerprint density at radius 1 is 1.38 bits per heavy atom. The normalized spacial score (nSPS) is 16.7. The van der Waals surface area contributed by atoms with Crippen molar-refractivity contribution in [1.29, 1.82) is 0 Å². The monoisotopic (exact) mass is 317 g/mol. The lowest BCUT2D eigenvalue weighted by atomic mass is 10.3. The fourth-order valence-electron chi connectivity index (χ4n) is 2.11. The highest BCUT2D eigenvalue weighted by Gasteiger charge is 2.17. The predicted molar refractivity (Wildman–Crippen MR) is 79.7 cm³/mol. The number of hydrogen-bond donors (Lipinski definition) is 2. The standard InChI is InChI=1S/C13H20FN3O3S/c1-20-11-2-3-12(14)13(10-11)16-21(18,19)9-8-17-6-4-15-5-7-17/h2-3,10,15-16H,4-9H2,1H3. The predicted octanol–water partition coefficient (Wildman–Crippen LogP) is 0.481. The molecule has 2 rings (SSSR count). The molecule has 2 N–H and O–H groups in total. The van der Waals surface area contributed by atoms with Gasteiger partial charge in [0.2, 0.25) is 10.0 Å². The molecule has 1 aliphatic heterocycles. The molecule has 21 heavy (non-hydrogen) atoms. The smallest absolute Gasteiger partial charge is 0.234 e. The van der Waals surface area contributed by atoms with Crippen molar-refractivity contribution in [3.05, 3.63) is 24.0 Å². The van der Waals surface area contributed by atoms with Gasteiger partial charge in [0.05, 0.1) is 18.6 Å². The number of nitrogens with zero attached hydrogens (tertiary/aromatic N) is 1. The number of benzene rings is 1. The molecule has 1 fully saturated rings. The maximum atomic E-state index is 13.6. The van der Waals surface area contributed by atoms with Gasteiger partial charge < -0.3 is 10.1 Å². The van der Waals surface area contributed by atoms with Crippen molar-refractivity contribution in [3.63, 3.8) is 0 Å². The third kappa shape index (κ3) is 4.83. The second kappa shape index (κ2) is 7.06. The molecule has 1 heterocycles. The summed E-state index contributed by atoms with van der Waals surface area (Å²) in [6, 6.07) is 3.94. The van der Waals surface area contributed by atoms with Gasteiger partial charge in [-0.2, -0.15) is 0 Å². The summed E-state index contributed by atoms with van der Waals surface area (Å²) in [6.07, 6.45) is 0. The minimum atomic E-state index is -3.59. The van der Waals surface area contributed by atoms with Crippen molar-refractivity contribution in [2.24, 2.45) is 0 Å². The Morgan fingerprint density at radius 3 is 2.76 bits per heavy atom.